The second-order valence-electron chi connectivity index (χ2n) is 5.69. The highest BCUT2D eigenvalue weighted by molar-refractivity contribution is 7.92. The fourth-order valence-electron chi connectivity index (χ4n) is 2.35. The number of rotatable bonds is 7. The van der Waals surface area contributed by atoms with Crippen molar-refractivity contribution in [2.45, 2.75) is 6.42 Å². The number of anilines is 3. The highest BCUT2D eigenvalue weighted by Gasteiger charge is 2.11. The highest BCUT2D eigenvalue weighted by atomic mass is 32.2. The monoisotopic (exact) mass is 371 g/mol. The summed E-state index contributed by atoms with van der Waals surface area (Å²) in [6, 6.07) is 18.8. The molecule has 1 heterocycles. The highest BCUT2D eigenvalue weighted by Crippen LogP contribution is 2.20. The average molecular weight is 371 g/mol. The van der Waals surface area contributed by atoms with Crippen LogP contribution in [0.1, 0.15) is 5.56 Å². The van der Waals surface area contributed by atoms with E-state index in [-0.39, 0.29) is 17.4 Å². The number of halogens is 1. The molecule has 5 nitrogen and oxygen atoms in total. The van der Waals surface area contributed by atoms with Crippen LogP contribution >= 0.6 is 0 Å². The Hall–Kier alpha value is -2.93. The quantitative estimate of drug-likeness (QED) is 0.660. The molecule has 7 heteroatoms. The number of aromatic nitrogens is 1. The molecule has 0 aliphatic carbocycles. The summed E-state index contributed by atoms with van der Waals surface area (Å²) in [5, 5.41) is 2.89. The van der Waals surface area contributed by atoms with Crippen LogP contribution in [0.25, 0.3) is 0 Å². The zero-order valence-corrected chi connectivity index (χ0v) is 14.7. The Morgan fingerprint density at radius 3 is 2.35 bits per heavy atom. The maximum atomic E-state index is 13.6. The number of sulfonamides is 1. The van der Waals surface area contributed by atoms with Crippen molar-refractivity contribution in [3.8, 4) is 0 Å². The fourth-order valence-corrected chi connectivity index (χ4v) is 3.40. The largest absolute Gasteiger partial charge is 0.352 e. The van der Waals surface area contributed by atoms with Crippen molar-refractivity contribution >= 4 is 27.2 Å². The van der Waals surface area contributed by atoms with Crippen LogP contribution in [0, 0.1) is 5.82 Å². The number of hydrogen-bond acceptors (Lipinski definition) is 4. The summed E-state index contributed by atoms with van der Waals surface area (Å²) in [6.45, 7) is 0. The molecule has 0 saturated heterocycles. The predicted octanol–water partition coefficient (Wildman–Crippen LogP) is 3.95. The Kier molecular flexibility index (Phi) is 5.48. The van der Waals surface area contributed by atoms with Gasteiger partial charge in [-0.25, -0.2) is 17.8 Å². The van der Waals surface area contributed by atoms with Crippen LogP contribution in [-0.2, 0) is 16.4 Å². The lowest BCUT2D eigenvalue weighted by atomic mass is 10.2. The van der Waals surface area contributed by atoms with Crippen molar-refractivity contribution in [3.05, 3.63) is 84.3 Å². The van der Waals surface area contributed by atoms with Crippen molar-refractivity contribution in [1.82, 2.24) is 4.98 Å². The van der Waals surface area contributed by atoms with E-state index in [0.717, 1.165) is 5.56 Å². The van der Waals surface area contributed by atoms with Gasteiger partial charge < -0.3 is 5.32 Å². The normalized spacial score (nSPS) is 11.1. The Morgan fingerprint density at radius 1 is 0.923 bits per heavy atom. The van der Waals surface area contributed by atoms with Crippen LogP contribution in [0.15, 0.2) is 72.9 Å². The minimum atomic E-state index is -3.50. The summed E-state index contributed by atoms with van der Waals surface area (Å²) in [5.74, 6) is -0.191. The zero-order valence-electron chi connectivity index (χ0n) is 13.9. The topological polar surface area (TPSA) is 71.1 Å². The Bertz CT molecular complexity index is 962. The molecule has 26 heavy (non-hydrogen) atoms. The van der Waals surface area contributed by atoms with Crippen molar-refractivity contribution in [3.63, 3.8) is 0 Å². The van der Waals surface area contributed by atoms with Crippen molar-refractivity contribution in [1.29, 1.82) is 0 Å². The molecule has 2 aromatic carbocycles. The second-order valence-corrected chi connectivity index (χ2v) is 7.54. The number of aryl methyl sites for hydroxylation is 1. The molecule has 0 bridgehead atoms. The first kappa shape index (κ1) is 17.9. The summed E-state index contributed by atoms with van der Waals surface area (Å²) in [7, 11) is -3.50. The van der Waals surface area contributed by atoms with Gasteiger partial charge in [0.1, 0.15) is 11.6 Å². The van der Waals surface area contributed by atoms with E-state index in [4.69, 9.17) is 0 Å². The third-order valence-electron chi connectivity index (χ3n) is 3.68. The molecule has 3 aromatic rings. The second kappa shape index (κ2) is 7.97. The number of nitrogens with one attached hydrogen (secondary N) is 2. The Balaban J connectivity index is 1.60. The zero-order chi connectivity index (χ0) is 18.4. The smallest absolute Gasteiger partial charge is 0.234 e. The molecule has 0 spiro atoms. The molecule has 0 unspecified atom stereocenters. The summed E-state index contributed by atoms with van der Waals surface area (Å²) < 4.78 is 40.4. The van der Waals surface area contributed by atoms with E-state index in [2.05, 4.69) is 15.0 Å². The summed E-state index contributed by atoms with van der Waals surface area (Å²) in [5.41, 5.74) is 1.84. The van der Waals surface area contributed by atoms with Gasteiger partial charge in [-0.15, -0.1) is 0 Å². The fraction of sp³-hybridized carbons (Fsp3) is 0.105. The van der Waals surface area contributed by atoms with Crippen LogP contribution in [0.2, 0.25) is 0 Å². The molecule has 0 saturated carbocycles. The lowest BCUT2D eigenvalue weighted by Gasteiger charge is -2.10. The van der Waals surface area contributed by atoms with Gasteiger partial charge in [-0.05, 0) is 36.2 Å². The van der Waals surface area contributed by atoms with E-state index < -0.39 is 10.0 Å². The molecule has 0 fully saturated rings. The number of nitrogens with zero attached hydrogens (tertiary/aromatic N) is 1. The van der Waals surface area contributed by atoms with Gasteiger partial charge in [-0.3, -0.25) is 4.72 Å². The SMILES string of the molecule is O=S(=O)(CCc1ccccc1)Nc1ccc(Nc2ccccc2F)cn1. The van der Waals surface area contributed by atoms with E-state index in [1.165, 1.54) is 18.3 Å². The third kappa shape index (κ3) is 5.03. The van der Waals surface area contributed by atoms with Gasteiger partial charge in [-0.1, -0.05) is 42.5 Å². The van der Waals surface area contributed by atoms with Crippen molar-refractivity contribution < 1.29 is 12.8 Å². The molecule has 0 aliphatic rings. The molecule has 134 valence electrons. The Labute approximate surface area is 152 Å². The summed E-state index contributed by atoms with van der Waals surface area (Å²) in [6.07, 6.45) is 1.87. The molecule has 0 amide bonds. The maximum absolute atomic E-state index is 13.6. The van der Waals surface area contributed by atoms with Crippen LogP contribution in [0.5, 0.6) is 0 Å². The van der Waals surface area contributed by atoms with Gasteiger partial charge >= 0.3 is 0 Å². The van der Waals surface area contributed by atoms with E-state index in [1.54, 1.807) is 24.3 Å². The molecular formula is C19H18FN3O2S. The van der Waals surface area contributed by atoms with Gasteiger partial charge in [-0.2, -0.15) is 0 Å². The molecule has 3 rings (SSSR count). The molecular weight excluding hydrogens is 353 g/mol. The Morgan fingerprint density at radius 2 is 1.65 bits per heavy atom. The molecule has 0 atom stereocenters. The first-order valence-electron chi connectivity index (χ1n) is 8.04. The molecule has 0 aliphatic heterocycles. The number of hydrogen-bond donors (Lipinski definition) is 2. The first-order chi connectivity index (χ1) is 12.5. The van der Waals surface area contributed by atoms with Gasteiger partial charge in [0.05, 0.1) is 23.3 Å². The predicted molar refractivity (Wildman–Crippen MR) is 101 cm³/mol. The van der Waals surface area contributed by atoms with Crippen molar-refractivity contribution in [2.24, 2.45) is 0 Å². The maximum Gasteiger partial charge on any atom is 0.234 e. The molecule has 0 radical (unpaired) electrons. The van der Waals surface area contributed by atoms with E-state index >= 15 is 0 Å². The first-order valence-corrected chi connectivity index (χ1v) is 9.69. The third-order valence-corrected chi connectivity index (χ3v) is 4.94. The van der Waals surface area contributed by atoms with Crippen LogP contribution in [0.3, 0.4) is 0 Å². The van der Waals surface area contributed by atoms with Gasteiger partial charge in [0.2, 0.25) is 10.0 Å². The van der Waals surface area contributed by atoms with Gasteiger partial charge in [0, 0.05) is 0 Å². The lowest BCUT2D eigenvalue weighted by Crippen LogP contribution is -2.18. The van der Waals surface area contributed by atoms with Crippen LogP contribution in [-0.4, -0.2) is 19.2 Å². The van der Waals surface area contributed by atoms with Crippen LogP contribution in [0.4, 0.5) is 21.6 Å². The summed E-state index contributed by atoms with van der Waals surface area (Å²) >= 11 is 0. The van der Waals surface area contributed by atoms with E-state index in [9.17, 15) is 12.8 Å². The number of benzene rings is 2. The van der Waals surface area contributed by atoms with E-state index in [1.807, 2.05) is 30.3 Å². The lowest BCUT2D eigenvalue weighted by molar-refractivity contribution is 0.600. The average Bonchev–Trinajstić information content (AvgIpc) is 2.64. The minimum Gasteiger partial charge on any atom is -0.352 e. The van der Waals surface area contributed by atoms with E-state index in [0.29, 0.717) is 17.8 Å². The molecule has 2 N–H and O–H groups in total. The number of para-hydroxylation sites is 1. The summed E-state index contributed by atoms with van der Waals surface area (Å²) in [4.78, 5) is 4.07. The number of pyridine rings is 1. The standard InChI is InChI=1S/C19H18FN3O2S/c20-17-8-4-5-9-18(17)22-16-10-11-19(21-14-16)23-26(24,25)13-12-15-6-2-1-3-7-15/h1-11,14,22H,12-13H2,(H,21,23). The van der Waals surface area contributed by atoms with Crippen LogP contribution < -0.4 is 10.0 Å². The molecule has 1 aromatic heterocycles. The minimum absolute atomic E-state index is 0.0338. The van der Waals surface area contributed by atoms with Gasteiger partial charge in [0.15, 0.2) is 0 Å². The van der Waals surface area contributed by atoms with Crippen molar-refractivity contribution in [2.75, 3.05) is 15.8 Å². The van der Waals surface area contributed by atoms with Gasteiger partial charge in [0.25, 0.3) is 0 Å².